The van der Waals surface area contributed by atoms with E-state index in [2.05, 4.69) is 53.8 Å². The number of benzene rings is 2. The minimum absolute atomic E-state index is 0.188. The van der Waals surface area contributed by atoms with E-state index < -0.39 is 0 Å². The Labute approximate surface area is 157 Å². The van der Waals surface area contributed by atoms with Gasteiger partial charge in [-0.25, -0.2) is 5.43 Å². The van der Waals surface area contributed by atoms with Gasteiger partial charge in [-0.05, 0) is 67.4 Å². The van der Waals surface area contributed by atoms with E-state index in [1.807, 2.05) is 30.3 Å². The van der Waals surface area contributed by atoms with Gasteiger partial charge in [-0.3, -0.25) is 10.2 Å². The normalized spacial score (nSPS) is 11.0. The van der Waals surface area contributed by atoms with Gasteiger partial charge in [0.1, 0.15) is 5.76 Å². The van der Waals surface area contributed by atoms with Gasteiger partial charge in [-0.2, -0.15) is 0 Å². The van der Waals surface area contributed by atoms with Crippen molar-refractivity contribution in [3.63, 3.8) is 0 Å². The van der Waals surface area contributed by atoms with E-state index >= 15 is 0 Å². The van der Waals surface area contributed by atoms with Crippen LogP contribution in [0.2, 0.25) is 0 Å². The Balaban J connectivity index is 1.52. The van der Waals surface area contributed by atoms with Gasteiger partial charge < -0.3 is 8.98 Å². The predicted octanol–water partition coefficient (Wildman–Crippen LogP) is 4.27. The van der Waals surface area contributed by atoms with Crippen LogP contribution in [0, 0.1) is 13.8 Å². The molecular formula is C22H21N3O2. The summed E-state index contributed by atoms with van der Waals surface area (Å²) >= 11 is 0. The van der Waals surface area contributed by atoms with Gasteiger partial charge in [0, 0.05) is 34.4 Å². The number of rotatable bonds is 5. The maximum atomic E-state index is 12.4. The monoisotopic (exact) mass is 359 g/mol. The molecule has 136 valence electrons. The second-order valence-electron chi connectivity index (χ2n) is 6.67. The molecule has 0 bridgehead atoms. The minimum Gasteiger partial charge on any atom is -0.468 e. The van der Waals surface area contributed by atoms with E-state index in [1.165, 1.54) is 21.9 Å². The number of hydrogen-bond donors (Lipinski definition) is 2. The van der Waals surface area contributed by atoms with E-state index in [0.717, 1.165) is 11.4 Å². The highest BCUT2D eigenvalue weighted by Crippen LogP contribution is 2.23. The van der Waals surface area contributed by atoms with E-state index in [-0.39, 0.29) is 5.91 Å². The first-order valence-electron chi connectivity index (χ1n) is 8.85. The van der Waals surface area contributed by atoms with Crippen LogP contribution in [0.3, 0.4) is 0 Å². The molecule has 0 saturated heterocycles. The fourth-order valence-electron chi connectivity index (χ4n) is 3.08. The zero-order chi connectivity index (χ0) is 18.8. The third-order valence-electron chi connectivity index (χ3n) is 4.71. The Kier molecular flexibility index (Phi) is 4.52. The smallest absolute Gasteiger partial charge is 0.265 e. The van der Waals surface area contributed by atoms with Crippen LogP contribution in [0.4, 0.5) is 0 Å². The number of carbonyl (C=O) groups is 1. The van der Waals surface area contributed by atoms with Gasteiger partial charge in [0.2, 0.25) is 0 Å². The molecule has 5 heteroatoms. The van der Waals surface area contributed by atoms with Crippen molar-refractivity contribution in [1.82, 2.24) is 15.4 Å². The molecule has 27 heavy (non-hydrogen) atoms. The number of nitrogens with zero attached hydrogens (tertiary/aromatic N) is 1. The molecule has 2 heterocycles. The van der Waals surface area contributed by atoms with Crippen LogP contribution in [-0.2, 0) is 6.54 Å². The lowest BCUT2D eigenvalue weighted by molar-refractivity contribution is 0.0931. The van der Waals surface area contributed by atoms with Crippen molar-refractivity contribution in [3.8, 4) is 5.69 Å². The minimum atomic E-state index is -0.188. The molecule has 4 rings (SSSR count). The van der Waals surface area contributed by atoms with E-state index in [9.17, 15) is 4.79 Å². The molecule has 0 spiro atoms. The number of aromatic nitrogens is 1. The highest BCUT2D eigenvalue weighted by atomic mass is 16.3. The number of fused-ring (bicyclic) bond motifs is 1. The van der Waals surface area contributed by atoms with Gasteiger partial charge in [0.15, 0.2) is 0 Å². The lowest BCUT2D eigenvalue weighted by atomic mass is 10.1. The SMILES string of the molecule is Cc1cc2cn(-c3cccc(C(=O)NNCc4ccco4)c3)cc2cc1C. The highest BCUT2D eigenvalue weighted by molar-refractivity contribution is 5.94. The number of hydrogen-bond acceptors (Lipinski definition) is 3. The number of hydrazine groups is 1. The molecule has 0 atom stereocenters. The maximum Gasteiger partial charge on any atom is 0.265 e. The predicted molar refractivity (Wildman–Crippen MR) is 106 cm³/mol. The average molecular weight is 359 g/mol. The van der Waals surface area contributed by atoms with E-state index in [1.54, 1.807) is 12.3 Å². The Bertz CT molecular complexity index is 1060. The summed E-state index contributed by atoms with van der Waals surface area (Å²) < 4.78 is 7.28. The summed E-state index contributed by atoms with van der Waals surface area (Å²) in [6, 6.07) is 15.6. The van der Waals surface area contributed by atoms with Gasteiger partial charge in [0.25, 0.3) is 5.91 Å². The summed E-state index contributed by atoms with van der Waals surface area (Å²) in [6.45, 7) is 4.67. The van der Waals surface area contributed by atoms with Crippen LogP contribution >= 0.6 is 0 Å². The Morgan fingerprint density at radius 2 is 1.74 bits per heavy atom. The van der Waals surface area contributed by atoms with Gasteiger partial charge >= 0.3 is 0 Å². The van der Waals surface area contributed by atoms with Crippen LogP contribution in [-0.4, -0.2) is 10.5 Å². The van der Waals surface area contributed by atoms with Gasteiger partial charge in [-0.1, -0.05) is 6.07 Å². The molecule has 2 N–H and O–H groups in total. The topological polar surface area (TPSA) is 59.2 Å². The largest absolute Gasteiger partial charge is 0.468 e. The first-order chi connectivity index (χ1) is 13.1. The number of carbonyl (C=O) groups excluding carboxylic acids is 1. The zero-order valence-corrected chi connectivity index (χ0v) is 15.3. The summed E-state index contributed by atoms with van der Waals surface area (Å²) in [5.41, 5.74) is 9.66. The van der Waals surface area contributed by atoms with Gasteiger partial charge in [-0.15, -0.1) is 0 Å². The molecule has 0 aliphatic rings. The standard InChI is InChI=1S/C22H21N3O2/c1-15-9-18-13-25(14-19(18)10-16(15)2)20-6-3-5-17(11-20)22(26)24-23-12-21-7-4-8-27-21/h3-11,13-14,23H,12H2,1-2H3,(H,24,26). The third-order valence-corrected chi connectivity index (χ3v) is 4.71. The van der Waals surface area contributed by atoms with Crippen molar-refractivity contribution in [2.75, 3.05) is 0 Å². The van der Waals surface area contributed by atoms with Crippen LogP contribution in [0.5, 0.6) is 0 Å². The molecule has 0 unspecified atom stereocenters. The molecule has 2 aromatic heterocycles. The Morgan fingerprint density at radius 3 is 2.41 bits per heavy atom. The van der Waals surface area contributed by atoms with E-state index in [4.69, 9.17) is 4.42 Å². The molecule has 0 aliphatic carbocycles. The highest BCUT2D eigenvalue weighted by Gasteiger charge is 2.08. The molecule has 0 saturated carbocycles. The first kappa shape index (κ1) is 17.1. The van der Waals surface area contributed by atoms with Crippen LogP contribution < -0.4 is 10.9 Å². The van der Waals surface area contributed by atoms with Crippen molar-refractivity contribution in [2.45, 2.75) is 20.4 Å². The lowest BCUT2D eigenvalue weighted by Crippen LogP contribution is -2.36. The average Bonchev–Trinajstić information content (AvgIpc) is 3.32. The van der Waals surface area contributed by atoms with Crippen molar-refractivity contribution >= 4 is 16.7 Å². The van der Waals surface area contributed by atoms with Crippen LogP contribution in [0.1, 0.15) is 27.2 Å². The maximum absolute atomic E-state index is 12.4. The summed E-state index contributed by atoms with van der Waals surface area (Å²) in [4.78, 5) is 12.4. The first-order valence-corrected chi connectivity index (χ1v) is 8.85. The van der Waals surface area contributed by atoms with Crippen LogP contribution in [0.25, 0.3) is 16.5 Å². The van der Waals surface area contributed by atoms with Gasteiger partial charge in [0.05, 0.1) is 12.8 Å². The fourth-order valence-corrected chi connectivity index (χ4v) is 3.08. The molecule has 0 aliphatic heterocycles. The molecule has 0 radical (unpaired) electrons. The van der Waals surface area contributed by atoms with Crippen molar-refractivity contribution in [1.29, 1.82) is 0 Å². The van der Waals surface area contributed by atoms with Crippen molar-refractivity contribution < 1.29 is 9.21 Å². The number of amides is 1. The summed E-state index contributed by atoms with van der Waals surface area (Å²) in [6.07, 6.45) is 5.79. The Hall–Kier alpha value is -3.31. The zero-order valence-electron chi connectivity index (χ0n) is 15.3. The second kappa shape index (κ2) is 7.13. The van der Waals surface area contributed by atoms with E-state index in [0.29, 0.717) is 12.1 Å². The molecule has 1 amide bonds. The number of aryl methyl sites for hydroxylation is 2. The Morgan fingerprint density at radius 1 is 1.00 bits per heavy atom. The fraction of sp³-hybridized carbons (Fsp3) is 0.136. The summed E-state index contributed by atoms with van der Waals surface area (Å²) in [5.74, 6) is 0.570. The molecule has 4 aromatic rings. The molecule has 5 nitrogen and oxygen atoms in total. The second-order valence-corrected chi connectivity index (χ2v) is 6.67. The molecular weight excluding hydrogens is 338 g/mol. The lowest BCUT2D eigenvalue weighted by Gasteiger charge is -2.08. The molecule has 0 fully saturated rings. The van der Waals surface area contributed by atoms with Crippen molar-refractivity contribution in [2.24, 2.45) is 0 Å². The van der Waals surface area contributed by atoms with Crippen LogP contribution in [0.15, 0.2) is 71.6 Å². The number of nitrogens with one attached hydrogen (secondary N) is 2. The quantitative estimate of drug-likeness (QED) is 0.523. The number of furan rings is 1. The third kappa shape index (κ3) is 3.64. The molecule has 2 aromatic carbocycles. The summed E-state index contributed by atoms with van der Waals surface area (Å²) in [7, 11) is 0. The summed E-state index contributed by atoms with van der Waals surface area (Å²) in [5, 5.41) is 2.38. The van der Waals surface area contributed by atoms with Crippen molar-refractivity contribution in [3.05, 3.63) is 89.6 Å².